The van der Waals surface area contributed by atoms with E-state index in [0.717, 1.165) is 6.42 Å². The largest absolute Gasteiger partial charge is 0.388 e. The highest BCUT2D eigenvalue weighted by atomic mass is 16.5. The van der Waals surface area contributed by atoms with Crippen LogP contribution < -0.4 is 5.32 Å². The van der Waals surface area contributed by atoms with Crippen LogP contribution in [0.3, 0.4) is 0 Å². The zero-order valence-electron chi connectivity index (χ0n) is 12.6. The van der Waals surface area contributed by atoms with E-state index in [0.29, 0.717) is 6.54 Å². The Labute approximate surface area is 120 Å². The Balaban J connectivity index is 2.73. The van der Waals surface area contributed by atoms with E-state index in [-0.39, 0.29) is 17.7 Å². The van der Waals surface area contributed by atoms with E-state index in [1.807, 2.05) is 13.8 Å². The van der Waals surface area contributed by atoms with Gasteiger partial charge in [-0.05, 0) is 13.3 Å². The lowest BCUT2D eigenvalue weighted by molar-refractivity contribution is -0.219. The number of carbonyl (C=O) groups is 1. The molecule has 1 aliphatic rings. The van der Waals surface area contributed by atoms with E-state index >= 15 is 0 Å². The second kappa shape index (κ2) is 7.47. The van der Waals surface area contributed by atoms with Crippen molar-refractivity contribution >= 4 is 5.78 Å². The summed E-state index contributed by atoms with van der Waals surface area (Å²) in [6, 6.07) is 0.244. The third-order valence-electron chi connectivity index (χ3n) is 3.84. The number of ether oxygens (including phenoxy) is 1. The Kier molecular flexibility index (Phi) is 6.54. The van der Waals surface area contributed by atoms with Crippen molar-refractivity contribution in [2.24, 2.45) is 5.92 Å². The number of aliphatic hydroxyl groups excluding tert-OH is 3. The fraction of sp³-hybridized carbons (Fsp3) is 0.929. The van der Waals surface area contributed by atoms with Gasteiger partial charge in [-0.25, -0.2) is 0 Å². The van der Waals surface area contributed by atoms with E-state index in [4.69, 9.17) is 4.74 Å². The first-order chi connectivity index (χ1) is 9.29. The summed E-state index contributed by atoms with van der Waals surface area (Å²) in [6.45, 7) is 7.77. The number of hydrogen-bond acceptors (Lipinski definition) is 6. The van der Waals surface area contributed by atoms with Crippen LogP contribution in [-0.4, -0.2) is 64.2 Å². The highest BCUT2D eigenvalue weighted by Crippen LogP contribution is 2.23. The molecule has 1 rings (SSSR count). The minimum atomic E-state index is -1.39. The molecule has 1 heterocycles. The van der Waals surface area contributed by atoms with Gasteiger partial charge in [0, 0.05) is 18.5 Å². The average molecular weight is 289 g/mol. The number of aliphatic hydroxyl groups is 3. The highest BCUT2D eigenvalue weighted by molar-refractivity contribution is 5.85. The Hall–Kier alpha value is -0.530. The molecule has 0 bridgehead atoms. The van der Waals surface area contributed by atoms with Gasteiger partial charge in [-0.15, -0.1) is 0 Å². The molecule has 0 spiro atoms. The molecule has 118 valence electrons. The van der Waals surface area contributed by atoms with Crippen LogP contribution in [0.5, 0.6) is 0 Å². The molecule has 1 fully saturated rings. The number of nitrogens with one attached hydrogen (secondary N) is 1. The number of ketones is 1. The van der Waals surface area contributed by atoms with Gasteiger partial charge >= 0.3 is 0 Å². The van der Waals surface area contributed by atoms with Crippen molar-refractivity contribution in [2.75, 3.05) is 6.54 Å². The lowest BCUT2D eigenvalue weighted by Crippen LogP contribution is -2.62. The summed E-state index contributed by atoms with van der Waals surface area (Å²) in [5.41, 5.74) is 0. The fourth-order valence-electron chi connectivity index (χ4n) is 2.14. The van der Waals surface area contributed by atoms with Gasteiger partial charge in [-0.3, -0.25) is 4.79 Å². The molecular weight excluding hydrogens is 262 g/mol. The molecule has 0 aromatic carbocycles. The molecule has 0 aliphatic carbocycles. The Morgan fingerprint density at radius 2 is 1.75 bits per heavy atom. The van der Waals surface area contributed by atoms with E-state index in [2.05, 4.69) is 5.32 Å². The number of carbonyl (C=O) groups excluding carboxylic acids is 1. The van der Waals surface area contributed by atoms with Crippen molar-refractivity contribution < 1.29 is 24.9 Å². The van der Waals surface area contributed by atoms with E-state index in [1.165, 1.54) is 0 Å². The summed E-state index contributed by atoms with van der Waals surface area (Å²) in [6.07, 6.45) is -4.85. The third kappa shape index (κ3) is 3.99. The van der Waals surface area contributed by atoms with Crippen molar-refractivity contribution in [3.05, 3.63) is 0 Å². The molecule has 1 saturated heterocycles. The Bertz CT molecular complexity index is 323. The van der Waals surface area contributed by atoms with Crippen LogP contribution >= 0.6 is 0 Å². The van der Waals surface area contributed by atoms with Gasteiger partial charge in [-0.2, -0.15) is 0 Å². The van der Waals surface area contributed by atoms with Crippen LogP contribution in [0.4, 0.5) is 0 Å². The summed E-state index contributed by atoms with van der Waals surface area (Å²) >= 11 is 0. The van der Waals surface area contributed by atoms with Gasteiger partial charge in [0.15, 0.2) is 5.78 Å². The van der Waals surface area contributed by atoms with Crippen LogP contribution in [0.1, 0.15) is 34.1 Å². The summed E-state index contributed by atoms with van der Waals surface area (Å²) < 4.78 is 5.53. The van der Waals surface area contributed by atoms with Gasteiger partial charge < -0.3 is 25.4 Å². The minimum Gasteiger partial charge on any atom is -0.388 e. The van der Waals surface area contributed by atoms with Gasteiger partial charge in [0.1, 0.15) is 24.4 Å². The summed E-state index contributed by atoms with van der Waals surface area (Å²) in [5, 5.41) is 32.9. The maximum Gasteiger partial charge on any atom is 0.166 e. The van der Waals surface area contributed by atoms with Crippen LogP contribution in [-0.2, 0) is 9.53 Å². The molecule has 6 nitrogen and oxygen atoms in total. The van der Waals surface area contributed by atoms with Crippen molar-refractivity contribution in [3.8, 4) is 0 Å². The third-order valence-corrected chi connectivity index (χ3v) is 3.84. The minimum absolute atomic E-state index is 0.244. The number of rotatable bonds is 6. The molecule has 0 aromatic heterocycles. The van der Waals surface area contributed by atoms with E-state index in [1.54, 1.807) is 13.8 Å². The average Bonchev–Trinajstić information content (AvgIpc) is 2.42. The topological polar surface area (TPSA) is 99.0 Å². The zero-order chi connectivity index (χ0) is 15.4. The molecule has 0 radical (unpaired) electrons. The lowest BCUT2D eigenvalue weighted by Gasteiger charge is -2.40. The monoisotopic (exact) mass is 289 g/mol. The Morgan fingerprint density at radius 1 is 1.15 bits per heavy atom. The normalized spacial score (nSPS) is 36.1. The lowest BCUT2D eigenvalue weighted by atomic mass is 9.89. The zero-order valence-corrected chi connectivity index (χ0v) is 12.6. The molecule has 0 saturated carbocycles. The van der Waals surface area contributed by atoms with E-state index in [9.17, 15) is 20.1 Å². The first-order valence-electron chi connectivity index (χ1n) is 7.26. The van der Waals surface area contributed by atoms with Crippen LogP contribution in [0, 0.1) is 5.92 Å². The smallest absolute Gasteiger partial charge is 0.166 e. The molecule has 1 aliphatic heterocycles. The fourth-order valence-corrected chi connectivity index (χ4v) is 2.14. The van der Waals surface area contributed by atoms with Gasteiger partial charge in [-0.1, -0.05) is 20.8 Å². The standard InChI is InChI=1S/C14H27NO5/c1-5-8(4)15-6-9-11(17)12(18)13(19)14(20-9)10(16)7(2)3/h7-9,11-15,17-19H,5-6H2,1-4H3. The molecule has 6 unspecified atom stereocenters. The molecule has 0 aromatic rings. The summed E-state index contributed by atoms with van der Waals surface area (Å²) in [5.74, 6) is -0.572. The Morgan fingerprint density at radius 3 is 2.25 bits per heavy atom. The maximum absolute atomic E-state index is 12.0. The second-order valence-corrected chi connectivity index (χ2v) is 5.84. The van der Waals surface area contributed by atoms with Crippen LogP contribution in [0.15, 0.2) is 0 Å². The van der Waals surface area contributed by atoms with Crippen LogP contribution in [0.2, 0.25) is 0 Å². The highest BCUT2D eigenvalue weighted by Gasteiger charge is 2.46. The molecule has 6 atom stereocenters. The molecule has 6 heteroatoms. The van der Waals surface area contributed by atoms with Gasteiger partial charge in [0.25, 0.3) is 0 Å². The van der Waals surface area contributed by atoms with Gasteiger partial charge in [0.05, 0.1) is 6.10 Å². The summed E-state index contributed by atoms with van der Waals surface area (Å²) in [4.78, 5) is 12.0. The van der Waals surface area contributed by atoms with Crippen molar-refractivity contribution in [1.29, 1.82) is 0 Å². The second-order valence-electron chi connectivity index (χ2n) is 5.84. The van der Waals surface area contributed by atoms with Crippen molar-refractivity contribution in [3.63, 3.8) is 0 Å². The molecule has 4 N–H and O–H groups in total. The quantitative estimate of drug-likeness (QED) is 0.524. The SMILES string of the molecule is CCC(C)NCC1OC(C(=O)C(C)C)C(O)C(O)C1O. The number of Topliss-reactive ketones (excluding diaryl/α,β-unsaturated/α-hetero) is 1. The molecule has 20 heavy (non-hydrogen) atoms. The predicted molar refractivity (Wildman–Crippen MR) is 74.3 cm³/mol. The predicted octanol–water partition coefficient (Wildman–Crippen LogP) is -0.550. The number of hydrogen-bond donors (Lipinski definition) is 4. The van der Waals surface area contributed by atoms with Crippen molar-refractivity contribution in [1.82, 2.24) is 5.32 Å². The first-order valence-corrected chi connectivity index (χ1v) is 7.26. The van der Waals surface area contributed by atoms with Crippen molar-refractivity contribution in [2.45, 2.75) is 70.7 Å². The van der Waals surface area contributed by atoms with Gasteiger partial charge in [0.2, 0.25) is 0 Å². The molecular formula is C14H27NO5. The van der Waals surface area contributed by atoms with E-state index < -0.39 is 30.5 Å². The van der Waals surface area contributed by atoms with Crippen LogP contribution in [0.25, 0.3) is 0 Å². The summed E-state index contributed by atoms with van der Waals surface area (Å²) in [7, 11) is 0. The first kappa shape index (κ1) is 17.5. The molecule has 0 amide bonds. The maximum atomic E-state index is 12.0.